The standard InChI is InChI=1S/C13H23N3O5/c1-13(2,9-11(18)19)15-12(20)14-4-3-10(17)16-5-7-21-8-6-16/h3-9H2,1-2H3,(H,18,19)(H2,14,15,20). The van der Waals surface area contributed by atoms with Crippen LogP contribution in [0.2, 0.25) is 0 Å². The van der Waals surface area contributed by atoms with Gasteiger partial charge in [-0.15, -0.1) is 0 Å². The molecule has 3 amide bonds. The maximum absolute atomic E-state index is 11.8. The molecule has 0 aromatic rings. The third-order valence-electron chi connectivity index (χ3n) is 3.03. The van der Waals surface area contributed by atoms with Gasteiger partial charge < -0.3 is 25.4 Å². The summed E-state index contributed by atoms with van der Waals surface area (Å²) in [4.78, 5) is 35.8. The van der Waals surface area contributed by atoms with Crippen molar-refractivity contribution in [1.82, 2.24) is 15.5 Å². The van der Waals surface area contributed by atoms with E-state index in [0.29, 0.717) is 26.3 Å². The molecule has 120 valence electrons. The van der Waals surface area contributed by atoms with Gasteiger partial charge in [-0.25, -0.2) is 4.79 Å². The summed E-state index contributed by atoms with van der Waals surface area (Å²) in [7, 11) is 0. The second-order valence-corrected chi connectivity index (χ2v) is 5.58. The molecule has 1 fully saturated rings. The van der Waals surface area contributed by atoms with E-state index in [1.165, 1.54) is 0 Å². The Morgan fingerprint density at radius 1 is 1.24 bits per heavy atom. The number of carbonyl (C=O) groups is 3. The molecule has 1 aliphatic heterocycles. The molecule has 8 nitrogen and oxygen atoms in total. The van der Waals surface area contributed by atoms with Crippen molar-refractivity contribution in [3.63, 3.8) is 0 Å². The minimum atomic E-state index is -0.984. The monoisotopic (exact) mass is 301 g/mol. The largest absolute Gasteiger partial charge is 0.481 e. The quantitative estimate of drug-likeness (QED) is 0.629. The summed E-state index contributed by atoms with van der Waals surface area (Å²) in [5.74, 6) is -1.01. The Kier molecular flexibility index (Phi) is 6.41. The number of ether oxygens (including phenoxy) is 1. The van der Waals surface area contributed by atoms with E-state index in [2.05, 4.69) is 10.6 Å². The van der Waals surface area contributed by atoms with E-state index in [9.17, 15) is 14.4 Å². The van der Waals surface area contributed by atoms with Crippen molar-refractivity contribution in [3.8, 4) is 0 Å². The van der Waals surface area contributed by atoms with Crippen LogP contribution in [0.5, 0.6) is 0 Å². The van der Waals surface area contributed by atoms with E-state index in [1.54, 1.807) is 18.7 Å². The average Bonchev–Trinajstić information content (AvgIpc) is 2.37. The number of nitrogens with zero attached hydrogens (tertiary/aromatic N) is 1. The van der Waals surface area contributed by atoms with Crippen molar-refractivity contribution in [2.75, 3.05) is 32.8 Å². The summed E-state index contributed by atoms with van der Waals surface area (Å²) in [5.41, 5.74) is -0.843. The number of carbonyl (C=O) groups excluding carboxylic acids is 2. The fourth-order valence-corrected chi connectivity index (χ4v) is 2.03. The van der Waals surface area contributed by atoms with Crippen LogP contribution in [-0.2, 0) is 14.3 Å². The Labute approximate surface area is 123 Å². The van der Waals surface area contributed by atoms with Crippen LogP contribution in [0.3, 0.4) is 0 Å². The van der Waals surface area contributed by atoms with Crippen LogP contribution >= 0.6 is 0 Å². The molecule has 0 atom stereocenters. The van der Waals surface area contributed by atoms with Crippen LogP contribution in [0.1, 0.15) is 26.7 Å². The molecule has 0 unspecified atom stereocenters. The molecule has 0 bridgehead atoms. The average molecular weight is 301 g/mol. The van der Waals surface area contributed by atoms with Crippen LogP contribution in [0, 0.1) is 0 Å². The number of carboxylic acid groups (broad SMARTS) is 1. The highest BCUT2D eigenvalue weighted by atomic mass is 16.5. The zero-order valence-corrected chi connectivity index (χ0v) is 12.5. The number of rotatable bonds is 6. The molecular weight excluding hydrogens is 278 g/mol. The van der Waals surface area contributed by atoms with Gasteiger partial charge in [0.25, 0.3) is 0 Å². The lowest BCUT2D eigenvalue weighted by Crippen LogP contribution is -2.50. The van der Waals surface area contributed by atoms with Gasteiger partial charge in [0.2, 0.25) is 5.91 Å². The molecule has 1 heterocycles. The van der Waals surface area contributed by atoms with Crippen molar-refractivity contribution in [2.45, 2.75) is 32.2 Å². The highest BCUT2D eigenvalue weighted by molar-refractivity contribution is 5.79. The summed E-state index contributed by atoms with van der Waals surface area (Å²) < 4.78 is 5.16. The lowest BCUT2D eigenvalue weighted by molar-refractivity contribution is -0.138. The number of hydrogen-bond donors (Lipinski definition) is 3. The van der Waals surface area contributed by atoms with Crippen LogP contribution < -0.4 is 10.6 Å². The minimum Gasteiger partial charge on any atom is -0.481 e. The molecule has 0 aromatic heterocycles. The first-order valence-electron chi connectivity index (χ1n) is 6.93. The third kappa shape index (κ3) is 6.94. The number of nitrogens with one attached hydrogen (secondary N) is 2. The maximum Gasteiger partial charge on any atom is 0.315 e. The number of amides is 3. The van der Waals surface area contributed by atoms with Crippen LogP contribution in [0.4, 0.5) is 4.79 Å². The minimum absolute atomic E-state index is 0.0246. The van der Waals surface area contributed by atoms with E-state index in [-0.39, 0.29) is 25.3 Å². The zero-order valence-electron chi connectivity index (χ0n) is 12.5. The molecule has 21 heavy (non-hydrogen) atoms. The van der Waals surface area contributed by atoms with Crippen molar-refractivity contribution in [3.05, 3.63) is 0 Å². The molecule has 1 rings (SSSR count). The number of urea groups is 1. The topological polar surface area (TPSA) is 108 Å². The first kappa shape index (κ1) is 17.2. The summed E-state index contributed by atoms with van der Waals surface area (Å²) in [6.07, 6.45) is 0.0416. The highest BCUT2D eigenvalue weighted by Crippen LogP contribution is 2.07. The zero-order chi connectivity index (χ0) is 15.9. The molecule has 0 aromatic carbocycles. The SMILES string of the molecule is CC(C)(CC(=O)O)NC(=O)NCCC(=O)N1CCOCC1. The van der Waals surface area contributed by atoms with E-state index in [0.717, 1.165) is 0 Å². The van der Waals surface area contributed by atoms with Gasteiger partial charge in [-0.2, -0.15) is 0 Å². The summed E-state index contributed by atoms with van der Waals surface area (Å²) >= 11 is 0. The summed E-state index contributed by atoms with van der Waals surface area (Å²) in [5, 5.41) is 13.8. The number of aliphatic carboxylic acids is 1. The molecule has 8 heteroatoms. The summed E-state index contributed by atoms with van der Waals surface area (Å²) in [6, 6.07) is -0.476. The van der Waals surface area contributed by atoms with Gasteiger partial charge in [-0.3, -0.25) is 9.59 Å². The normalized spacial score (nSPS) is 15.4. The maximum atomic E-state index is 11.8. The molecular formula is C13H23N3O5. The van der Waals surface area contributed by atoms with Crippen molar-refractivity contribution < 1.29 is 24.2 Å². The van der Waals surface area contributed by atoms with E-state index in [1.807, 2.05) is 0 Å². The summed E-state index contributed by atoms with van der Waals surface area (Å²) in [6.45, 7) is 5.71. The molecule has 3 N–H and O–H groups in total. The lowest BCUT2D eigenvalue weighted by Gasteiger charge is -2.27. The highest BCUT2D eigenvalue weighted by Gasteiger charge is 2.24. The molecule has 0 aliphatic carbocycles. The number of hydrogen-bond acceptors (Lipinski definition) is 4. The van der Waals surface area contributed by atoms with Gasteiger partial charge >= 0.3 is 12.0 Å². The Balaban J connectivity index is 2.23. The van der Waals surface area contributed by atoms with E-state index < -0.39 is 17.5 Å². The number of carboxylic acids is 1. The van der Waals surface area contributed by atoms with Crippen molar-refractivity contribution in [2.24, 2.45) is 0 Å². The Morgan fingerprint density at radius 2 is 1.86 bits per heavy atom. The van der Waals surface area contributed by atoms with Crippen molar-refractivity contribution in [1.29, 1.82) is 0 Å². The molecule has 1 aliphatic rings. The fourth-order valence-electron chi connectivity index (χ4n) is 2.03. The lowest BCUT2D eigenvalue weighted by atomic mass is 10.0. The van der Waals surface area contributed by atoms with Gasteiger partial charge in [-0.05, 0) is 13.8 Å². The van der Waals surface area contributed by atoms with E-state index in [4.69, 9.17) is 9.84 Å². The molecule has 0 saturated carbocycles. The predicted molar refractivity (Wildman–Crippen MR) is 74.9 cm³/mol. The second-order valence-electron chi connectivity index (χ2n) is 5.58. The van der Waals surface area contributed by atoms with Crippen LogP contribution in [0.15, 0.2) is 0 Å². The first-order chi connectivity index (χ1) is 9.80. The second kappa shape index (κ2) is 7.82. The first-order valence-corrected chi connectivity index (χ1v) is 6.93. The Hall–Kier alpha value is -1.83. The van der Waals surface area contributed by atoms with Crippen LogP contribution in [-0.4, -0.2) is 66.3 Å². The van der Waals surface area contributed by atoms with Gasteiger partial charge in [-0.1, -0.05) is 0 Å². The molecule has 1 saturated heterocycles. The Bertz CT molecular complexity index is 391. The van der Waals surface area contributed by atoms with Crippen LogP contribution in [0.25, 0.3) is 0 Å². The van der Waals surface area contributed by atoms with Gasteiger partial charge in [0.15, 0.2) is 0 Å². The van der Waals surface area contributed by atoms with Gasteiger partial charge in [0.1, 0.15) is 0 Å². The predicted octanol–water partition coefficient (Wildman–Crippen LogP) is -0.212. The van der Waals surface area contributed by atoms with Gasteiger partial charge in [0.05, 0.1) is 19.6 Å². The fraction of sp³-hybridized carbons (Fsp3) is 0.769. The van der Waals surface area contributed by atoms with Crippen molar-refractivity contribution >= 4 is 17.9 Å². The van der Waals surface area contributed by atoms with Gasteiger partial charge in [0, 0.05) is 31.6 Å². The third-order valence-corrected chi connectivity index (χ3v) is 3.03. The smallest absolute Gasteiger partial charge is 0.315 e. The number of morpholine rings is 1. The Morgan fingerprint density at radius 3 is 2.43 bits per heavy atom. The van der Waals surface area contributed by atoms with E-state index >= 15 is 0 Å². The molecule has 0 radical (unpaired) electrons. The molecule has 0 spiro atoms.